The van der Waals surface area contributed by atoms with Gasteiger partial charge in [-0.05, 0) is 91.7 Å². The number of carboxylic acid groups (broad SMARTS) is 2. The third kappa shape index (κ3) is 8.96. The highest BCUT2D eigenvalue weighted by Crippen LogP contribution is 2.30. The van der Waals surface area contributed by atoms with Crippen molar-refractivity contribution in [3.63, 3.8) is 0 Å². The number of fused-ring (bicyclic) bond motifs is 1. The van der Waals surface area contributed by atoms with Crippen molar-refractivity contribution in [2.45, 2.75) is 38.2 Å². The fraction of sp³-hybridized carbons (Fsp3) is 0.290. The van der Waals surface area contributed by atoms with Crippen LogP contribution >= 0.6 is 11.6 Å². The van der Waals surface area contributed by atoms with E-state index in [-0.39, 0.29) is 43.1 Å². The summed E-state index contributed by atoms with van der Waals surface area (Å²) in [5, 5.41) is 20.5. The minimum absolute atomic E-state index is 0.0938. The molecule has 0 spiro atoms. The number of benzene rings is 3. The van der Waals surface area contributed by atoms with Crippen molar-refractivity contribution in [1.29, 1.82) is 0 Å². The first-order valence-corrected chi connectivity index (χ1v) is 14.2. The van der Waals surface area contributed by atoms with Gasteiger partial charge in [-0.3, -0.25) is 9.59 Å². The number of aromatic carboxylic acids is 1. The maximum absolute atomic E-state index is 13.5. The molecule has 14 heteroatoms. The van der Waals surface area contributed by atoms with Crippen molar-refractivity contribution in [2.24, 2.45) is 0 Å². The highest BCUT2D eigenvalue weighted by molar-refractivity contribution is 6.30. The van der Waals surface area contributed by atoms with Gasteiger partial charge in [0.25, 0.3) is 5.91 Å². The van der Waals surface area contributed by atoms with Gasteiger partial charge in [0.05, 0.1) is 12.1 Å². The Morgan fingerprint density at radius 1 is 0.911 bits per heavy atom. The SMILES string of the molecule is O=C(O)C(F)(F)F.O=C(O)c1ccc2c(c1)CN(C(=O)c1ccc(Cl)cc1)CC(=O)N2Cc1ccc(OC2CCNCC2)cc1. The van der Waals surface area contributed by atoms with E-state index >= 15 is 0 Å². The first kappa shape index (κ1) is 33.3. The number of carbonyl (C=O) groups is 4. The number of ether oxygens (including phenoxy) is 1. The summed E-state index contributed by atoms with van der Waals surface area (Å²) in [7, 11) is 0. The molecule has 0 aliphatic carbocycles. The van der Waals surface area contributed by atoms with Crippen LogP contribution in [0, 0.1) is 0 Å². The average Bonchev–Trinajstić information content (AvgIpc) is 3.14. The fourth-order valence-electron chi connectivity index (χ4n) is 4.81. The lowest BCUT2D eigenvalue weighted by Crippen LogP contribution is -2.39. The van der Waals surface area contributed by atoms with Crippen LogP contribution in [0.5, 0.6) is 5.75 Å². The van der Waals surface area contributed by atoms with Crippen LogP contribution in [0.15, 0.2) is 66.7 Å². The number of hydrogen-bond acceptors (Lipinski definition) is 6. The summed E-state index contributed by atoms with van der Waals surface area (Å²) in [4.78, 5) is 50.4. The van der Waals surface area contributed by atoms with Crippen molar-refractivity contribution < 1.29 is 47.3 Å². The number of halogens is 4. The third-order valence-electron chi connectivity index (χ3n) is 7.08. The zero-order valence-electron chi connectivity index (χ0n) is 23.7. The molecule has 2 amide bonds. The normalized spacial score (nSPS) is 15.3. The van der Waals surface area contributed by atoms with Gasteiger partial charge in [0.15, 0.2) is 0 Å². The number of carboxylic acids is 2. The molecule has 0 aromatic heterocycles. The predicted molar refractivity (Wildman–Crippen MR) is 157 cm³/mol. The topological polar surface area (TPSA) is 136 Å². The molecule has 3 aromatic rings. The quantitative estimate of drug-likeness (QED) is 0.341. The Kier molecular flexibility index (Phi) is 10.7. The molecule has 0 atom stereocenters. The molecule has 0 radical (unpaired) electrons. The number of aliphatic carboxylic acids is 1. The molecule has 0 unspecified atom stereocenters. The molecule has 3 aromatic carbocycles. The minimum atomic E-state index is -5.08. The van der Waals surface area contributed by atoms with Gasteiger partial charge >= 0.3 is 18.1 Å². The van der Waals surface area contributed by atoms with E-state index in [4.69, 9.17) is 26.2 Å². The van der Waals surface area contributed by atoms with Crippen LogP contribution in [0.1, 0.15) is 44.7 Å². The van der Waals surface area contributed by atoms with Crippen LogP contribution in [-0.4, -0.2) is 70.8 Å². The minimum Gasteiger partial charge on any atom is -0.490 e. The van der Waals surface area contributed by atoms with E-state index in [0.717, 1.165) is 37.2 Å². The average molecular weight is 648 g/mol. The van der Waals surface area contributed by atoms with Gasteiger partial charge in [-0.15, -0.1) is 0 Å². The van der Waals surface area contributed by atoms with Gasteiger partial charge in [-0.2, -0.15) is 13.2 Å². The number of nitrogens with zero attached hydrogens (tertiary/aromatic N) is 2. The second-order valence-corrected chi connectivity index (χ2v) is 10.7. The van der Waals surface area contributed by atoms with Gasteiger partial charge < -0.3 is 30.1 Å². The first-order chi connectivity index (χ1) is 21.3. The van der Waals surface area contributed by atoms with E-state index in [1.165, 1.54) is 17.0 Å². The molecular weight excluding hydrogens is 619 g/mol. The van der Waals surface area contributed by atoms with E-state index in [1.807, 2.05) is 24.3 Å². The number of nitrogens with one attached hydrogen (secondary N) is 1. The lowest BCUT2D eigenvalue weighted by molar-refractivity contribution is -0.192. The monoisotopic (exact) mass is 647 g/mol. The van der Waals surface area contributed by atoms with Crippen LogP contribution in [-0.2, 0) is 22.7 Å². The van der Waals surface area contributed by atoms with Crippen molar-refractivity contribution in [3.05, 3.63) is 94.0 Å². The zero-order valence-corrected chi connectivity index (χ0v) is 24.5. The number of piperidine rings is 1. The van der Waals surface area contributed by atoms with E-state index in [0.29, 0.717) is 21.8 Å². The first-order valence-electron chi connectivity index (χ1n) is 13.8. The molecular formula is C31H29ClF3N3O7. The Morgan fingerprint density at radius 3 is 2.09 bits per heavy atom. The number of hydrogen-bond donors (Lipinski definition) is 3. The molecule has 1 saturated heterocycles. The summed E-state index contributed by atoms with van der Waals surface area (Å²) in [5.74, 6) is -3.64. The largest absolute Gasteiger partial charge is 0.490 e. The molecule has 5 rings (SSSR count). The molecule has 238 valence electrons. The lowest BCUT2D eigenvalue weighted by Gasteiger charge is -2.25. The molecule has 10 nitrogen and oxygen atoms in total. The predicted octanol–water partition coefficient (Wildman–Crippen LogP) is 4.99. The molecule has 2 heterocycles. The molecule has 2 aliphatic rings. The van der Waals surface area contributed by atoms with Crippen LogP contribution < -0.4 is 15.0 Å². The second kappa shape index (κ2) is 14.4. The number of rotatable bonds is 6. The Balaban J connectivity index is 0.000000591. The Hall–Kier alpha value is -4.62. The van der Waals surface area contributed by atoms with Crippen molar-refractivity contribution in [2.75, 3.05) is 24.5 Å². The highest BCUT2D eigenvalue weighted by Gasteiger charge is 2.38. The summed E-state index contributed by atoms with van der Waals surface area (Å²) < 4.78 is 37.8. The molecule has 45 heavy (non-hydrogen) atoms. The highest BCUT2D eigenvalue weighted by atomic mass is 35.5. The Labute approximate surface area is 261 Å². The van der Waals surface area contributed by atoms with Crippen LogP contribution in [0.3, 0.4) is 0 Å². The fourth-order valence-corrected chi connectivity index (χ4v) is 4.93. The Morgan fingerprint density at radius 2 is 1.51 bits per heavy atom. The molecule has 3 N–H and O–H groups in total. The summed E-state index contributed by atoms with van der Waals surface area (Å²) in [6.07, 6.45) is -2.97. The maximum Gasteiger partial charge on any atom is 0.490 e. The van der Waals surface area contributed by atoms with E-state index in [1.54, 1.807) is 35.2 Å². The summed E-state index contributed by atoms with van der Waals surface area (Å²) in [6.45, 7) is 2.12. The number of carbonyl (C=O) groups excluding carboxylic acids is 2. The summed E-state index contributed by atoms with van der Waals surface area (Å²) in [6, 6.07) is 18.8. The molecule has 1 fully saturated rings. The molecule has 2 aliphatic heterocycles. The van der Waals surface area contributed by atoms with Gasteiger partial charge in [0, 0.05) is 22.8 Å². The standard InChI is InChI=1S/C29H28ClN3O5.C2HF3O2/c30-23-6-3-20(4-7-23)28(35)32-17-22-15-21(29(36)37)5-10-26(22)33(27(34)18-32)16-19-1-8-24(9-2-19)38-25-11-13-31-14-12-25;3-2(4,5)1(6)7/h1-10,15,25,31H,11-14,16-18H2,(H,36,37);(H,6,7). The van der Waals surface area contributed by atoms with Gasteiger partial charge in [0.1, 0.15) is 18.4 Å². The number of alkyl halides is 3. The third-order valence-corrected chi connectivity index (χ3v) is 7.33. The van der Waals surface area contributed by atoms with Gasteiger partial charge in [0.2, 0.25) is 5.91 Å². The van der Waals surface area contributed by atoms with E-state index < -0.39 is 18.1 Å². The van der Waals surface area contributed by atoms with Crippen molar-refractivity contribution in [1.82, 2.24) is 10.2 Å². The lowest BCUT2D eigenvalue weighted by atomic mass is 10.1. The van der Waals surface area contributed by atoms with Crippen molar-refractivity contribution in [3.8, 4) is 5.75 Å². The van der Waals surface area contributed by atoms with Crippen molar-refractivity contribution >= 4 is 41.0 Å². The Bertz CT molecular complexity index is 1540. The van der Waals surface area contributed by atoms with Crippen LogP contribution in [0.4, 0.5) is 18.9 Å². The van der Waals surface area contributed by atoms with Crippen LogP contribution in [0.25, 0.3) is 0 Å². The van der Waals surface area contributed by atoms with Crippen LogP contribution in [0.2, 0.25) is 5.02 Å². The maximum atomic E-state index is 13.5. The van der Waals surface area contributed by atoms with E-state index in [9.17, 15) is 32.7 Å². The van der Waals surface area contributed by atoms with Gasteiger partial charge in [-0.1, -0.05) is 23.7 Å². The smallest absolute Gasteiger partial charge is 0.490 e. The number of amides is 2. The zero-order chi connectivity index (χ0) is 32.7. The summed E-state index contributed by atoms with van der Waals surface area (Å²) in [5.41, 5.74) is 2.55. The molecule has 0 saturated carbocycles. The summed E-state index contributed by atoms with van der Waals surface area (Å²) >= 11 is 5.97. The number of anilines is 1. The molecule has 0 bridgehead atoms. The van der Waals surface area contributed by atoms with E-state index in [2.05, 4.69) is 5.32 Å². The second-order valence-electron chi connectivity index (χ2n) is 10.3. The van der Waals surface area contributed by atoms with Gasteiger partial charge in [-0.25, -0.2) is 9.59 Å².